The SMILES string of the molecule is COc1cccc(C(N)COCCOC(C)C)c1. The molecular weight excluding hydrogens is 230 g/mol. The van der Waals surface area contributed by atoms with Crippen LogP contribution in [0.25, 0.3) is 0 Å². The smallest absolute Gasteiger partial charge is 0.119 e. The molecule has 1 aromatic rings. The first kappa shape index (κ1) is 15.0. The molecule has 0 amide bonds. The van der Waals surface area contributed by atoms with Gasteiger partial charge in [0.25, 0.3) is 0 Å². The fraction of sp³-hybridized carbons (Fsp3) is 0.571. The zero-order valence-electron chi connectivity index (χ0n) is 11.4. The predicted molar refractivity (Wildman–Crippen MR) is 71.8 cm³/mol. The van der Waals surface area contributed by atoms with E-state index in [0.717, 1.165) is 11.3 Å². The van der Waals surface area contributed by atoms with Crippen LogP contribution in [0.1, 0.15) is 25.5 Å². The van der Waals surface area contributed by atoms with Crippen LogP contribution < -0.4 is 10.5 Å². The van der Waals surface area contributed by atoms with Gasteiger partial charge >= 0.3 is 0 Å². The summed E-state index contributed by atoms with van der Waals surface area (Å²) < 4.78 is 16.0. The first-order valence-corrected chi connectivity index (χ1v) is 6.22. The quantitative estimate of drug-likeness (QED) is 0.721. The molecule has 0 aliphatic rings. The van der Waals surface area contributed by atoms with E-state index in [-0.39, 0.29) is 12.1 Å². The lowest BCUT2D eigenvalue weighted by Crippen LogP contribution is -2.19. The maximum atomic E-state index is 6.04. The minimum atomic E-state index is -0.140. The van der Waals surface area contributed by atoms with Crippen molar-refractivity contribution >= 4 is 0 Å². The Labute approximate surface area is 109 Å². The second-order valence-corrected chi connectivity index (χ2v) is 4.38. The van der Waals surface area contributed by atoms with Crippen molar-refractivity contribution in [3.05, 3.63) is 29.8 Å². The maximum absolute atomic E-state index is 6.04. The average Bonchev–Trinajstić information content (AvgIpc) is 2.37. The van der Waals surface area contributed by atoms with E-state index in [4.69, 9.17) is 19.9 Å². The summed E-state index contributed by atoms with van der Waals surface area (Å²) in [7, 11) is 1.64. The minimum absolute atomic E-state index is 0.140. The molecule has 0 aliphatic heterocycles. The highest BCUT2D eigenvalue weighted by molar-refractivity contribution is 5.30. The van der Waals surface area contributed by atoms with Gasteiger partial charge in [0.2, 0.25) is 0 Å². The van der Waals surface area contributed by atoms with Crippen molar-refractivity contribution in [2.75, 3.05) is 26.9 Å². The van der Waals surface area contributed by atoms with Gasteiger partial charge < -0.3 is 19.9 Å². The first-order valence-electron chi connectivity index (χ1n) is 6.22. The molecule has 4 nitrogen and oxygen atoms in total. The van der Waals surface area contributed by atoms with Crippen LogP contribution in [0, 0.1) is 0 Å². The van der Waals surface area contributed by atoms with Crippen LogP contribution in [-0.2, 0) is 9.47 Å². The number of ether oxygens (including phenoxy) is 3. The lowest BCUT2D eigenvalue weighted by molar-refractivity contribution is 0.0161. The summed E-state index contributed by atoms with van der Waals surface area (Å²) >= 11 is 0. The molecule has 0 fully saturated rings. The van der Waals surface area contributed by atoms with Crippen LogP contribution in [0.3, 0.4) is 0 Å². The molecule has 102 valence electrons. The van der Waals surface area contributed by atoms with Crippen molar-refractivity contribution in [1.29, 1.82) is 0 Å². The molecule has 1 rings (SSSR count). The summed E-state index contributed by atoms with van der Waals surface area (Å²) in [5, 5.41) is 0. The predicted octanol–water partition coefficient (Wildman–Crippen LogP) is 2.14. The van der Waals surface area contributed by atoms with Gasteiger partial charge in [0.15, 0.2) is 0 Å². The molecule has 1 unspecified atom stereocenters. The lowest BCUT2D eigenvalue weighted by Gasteiger charge is -2.14. The Morgan fingerprint density at radius 1 is 1.22 bits per heavy atom. The normalized spacial score (nSPS) is 12.7. The molecule has 0 saturated heterocycles. The van der Waals surface area contributed by atoms with Gasteiger partial charge in [-0.25, -0.2) is 0 Å². The van der Waals surface area contributed by atoms with Crippen LogP contribution in [0.15, 0.2) is 24.3 Å². The minimum Gasteiger partial charge on any atom is -0.497 e. The topological polar surface area (TPSA) is 53.7 Å². The summed E-state index contributed by atoms with van der Waals surface area (Å²) in [4.78, 5) is 0. The van der Waals surface area contributed by atoms with Gasteiger partial charge in [-0.1, -0.05) is 12.1 Å². The third-order valence-electron chi connectivity index (χ3n) is 2.50. The zero-order valence-corrected chi connectivity index (χ0v) is 11.4. The Bertz CT molecular complexity index is 342. The standard InChI is InChI=1S/C14H23NO3/c1-11(2)18-8-7-17-10-14(15)12-5-4-6-13(9-12)16-3/h4-6,9,11,14H,7-8,10,15H2,1-3H3. The molecule has 0 saturated carbocycles. The van der Waals surface area contributed by atoms with Gasteiger partial charge in [-0.15, -0.1) is 0 Å². The van der Waals surface area contributed by atoms with Gasteiger partial charge in [-0.2, -0.15) is 0 Å². The van der Waals surface area contributed by atoms with E-state index >= 15 is 0 Å². The molecule has 1 aromatic carbocycles. The molecule has 0 bridgehead atoms. The molecule has 2 N–H and O–H groups in total. The van der Waals surface area contributed by atoms with Gasteiger partial charge in [-0.05, 0) is 31.5 Å². The van der Waals surface area contributed by atoms with Crippen LogP contribution in [0.5, 0.6) is 5.75 Å². The fourth-order valence-corrected chi connectivity index (χ4v) is 1.52. The number of methoxy groups -OCH3 is 1. The Balaban J connectivity index is 2.29. The van der Waals surface area contributed by atoms with Gasteiger partial charge in [0.05, 0.1) is 39.1 Å². The summed E-state index contributed by atoms with van der Waals surface area (Å²) in [6, 6.07) is 7.59. The molecule has 4 heteroatoms. The summed E-state index contributed by atoms with van der Waals surface area (Å²) in [6.45, 7) is 5.65. The Kier molecular flexibility index (Phi) is 6.72. The van der Waals surface area contributed by atoms with Crippen molar-refractivity contribution < 1.29 is 14.2 Å². The summed E-state index contributed by atoms with van der Waals surface area (Å²) in [5.74, 6) is 0.811. The van der Waals surface area contributed by atoms with Gasteiger partial charge in [0.1, 0.15) is 5.75 Å². The second-order valence-electron chi connectivity index (χ2n) is 4.38. The Hall–Kier alpha value is -1.10. The van der Waals surface area contributed by atoms with Crippen LogP contribution in [0.2, 0.25) is 0 Å². The molecular formula is C14H23NO3. The largest absolute Gasteiger partial charge is 0.497 e. The molecule has 0 aliphatic carbocycles. The molecule has 0 radical (unpaired) electrons. The number of hydrogen-bond acceptors (Lipinski definition) is 4. The van der Waals surface area contributed by atoms with Crippen LogP contribution >= 0.6 is 0 Å². The number of rotatable bonds is 8. The van der Waals surface area contributed by atoms with Gasteiger partial charge in [-0.3, -0.25) is 0 Å². The van der Waals surface area contributed by atoms with Crippen molar-refractivity contribution in [2.24, 2.45) is 5.73 Å². The number of nitrogens with two attached hydrogens (primary N) is 1. The number of hydrogen-bond donors (Lipinski definition) is 1. The van der Waals surface area contributed by atoms with E-state index in [1.54, 1.807) is 7.11 Å². The maximum Gasteiger partial charge on any atom is 0.119 e. The average molecular weight is 253 g/mol. The fourth-order valence-electron chi connectivity index (χ4n) is 1.52. The van der Waals surface area contributed by atoms with E-state index in [9.17, 15) is 0 Å². The summed E-state index contributed by atoms with van der Waals surface area (Å²) in [6.07, 6.45) is 0.237. The van der Waals surface area contributed by atoms with E-state index in [1.807, 2.05) is 38.1 Å². The third kappa shape index (κ3) is 5.49. The van der Waals surface area contributed by atoms with Crippen molar-refractivity contribution in [2.45, 2.75) is 26.0 Å². The van der Waals surface area contributed by atoms with Crippen LogP contribution in [0.4, 0.5) is 0 Å². The van der Waals surface area contributed by atoms with E-state index in [1.165, 1.54) is 0 Å². The highest BCUT2D eigenvalue weighted by atomic mass is 16.5. The van der Waals surface area contributed by atoms with Crippen molar-refractivity contribution in [3.8, 4) is 5.75 Å². The van der Waals surface area contributed by atoms with Crippen molar-refractivity contribution in [3.63, 3.8) is 0 Å². The Morgan fingerprint density at radius 2 is 2.00 bits per heavy atom. The molecule has 0 aromatic heterocycles. The molecule has 0 heterocycles. The molecule has 0 spiro atoms. The van der Waals surface area contributed by atoms with E-state index in [2.05, 4.69) is 0 Å². The highest BCUT2D eigenvalue weighted by Gasteiger charge is 2.07. The molecule has 1 atom stereocenters. The van der Waals surface area contributed by atoms with Crippen molar-refractivity contribution in [1.82, 2.24) is 0 Å². The first-order chi connectivity index (χ1) is 8.63. The lowest BCUT2D eigenvalue weighted by atomic mass is 10.1. The van der Waals surface area contributed by atoms with E-state index in [0.29, 0.717) is 19.8 Å². The van der Waals surface area contributed by atoms with Gasteiger partial charge in [0, 0.05) is 0 Å². The number of benzene rings is 1. The zero-order chi connectivity index (χ0) is 13.4. The molecule has 18 heavy (non-hydrogen) atoms. The Morgan fingerprint density at radius 3 is 2.67 bits per heavy atom. The monoisotopic (exact) mass is 253 g/mol. The van der Waals surface area contributed by atoms with Crippen LogP contribution in [-0.4, -0.2) is 33.0 Å². The highest BCUT2D eigenvalue weighted by Crippen LogP contribution is 2.17. The second kappa shape index (κ2) is 8.08. The summed E-state index contributed by atoms with van der Waals surface area (Å²) in [5.41, 5.74) is 7.05. The van der Waals surface area contributed by atoms with E-state index < -0.39 is 0 Å². The third-order valence-corrected chi connectivity index (χ3v) is 2.50.